The van der Waals surface area contributed by atoms with Gasteiger partial charge in [-0.25, -0.2) is 4.98 Å². The van der Waals surface area contributed by atoms with Gasteiger partial charge in [-0.1, -0.05) is 17.7 Å². The molecule has 0 saturated carbocycles. The molecule has 1 aromatic heterocycles. The first-order chi connectivity index (χ1) is 5.25. The van der Waals surface area contributed by atoms with Gasteiger partial charge in [-0.3, -0.25) is 0 Å². The first kappa shape index (κ1) is 8.03. The Morgan fingerprint density at radius 3 is 3.00 bits per heavy atom. The van der Waals surface area contributed by atoms with Crippen LogP contribution in [0.3, 0.4) is 0 Å². The van der Waals surface area contributed by atoms with Crippen LogP contribution < -0.4 is 0 Å². The number of hydrogen-bond donors (Lipinski definition) is 0. The number of rotatable bonds is 1. The van der Waals surface area contributed by atoms with Crippen molar-refractivity contribution in [2.24, 2.45) is 0 Å². The third kappa shape index (κ3) is 1.69. The van der Waals surface area contributed by atoms with Gasteiger partial charge in [0.15, 0.2) is 0 Å². The Labute approximate surface area is 70.4 Å². The maximum Gasteiger partial charge on any atom is 0.133 e. The van der Waals surface area contributed by atoms with Crippen molar-refractivity contribution in [3.8, 4) is 6.07 Å². The van der Waals surface area contributed by atoms with Crippen LogP contribution in [-0.2, 0) is 0 Å². The Kier molecular flexibility index (Phi) is 2.45. The Bertz CT molecular complexity index is 290. The molecule has 0 aliphatic heterocycles. The van der Waals surface area contributed by atoms with Gasteiger partial charge in [0.2, 0.25) is 0 Å². The lowest BCUT2D eigenvalue weighted by Crippen LogP contribution is -1.91. The van der Waals surface area contributed by atoms with Crippen molar-refractivity contribution in [3.63, 3.8) is 0 Å². The Balaban J connectivity index is 3.05. The zero-order valence-corrected chi connectivity index (χ0v) is 6.84. The van der Waals surface area contributed by atoms with Crippen LogP contribution in [0.15, 0.2) is 18.3 Å². The largest absolute Gasteiger partial charge is 0.244 e. The standard InChI is InChI=1S/C8H7ClN2/c1-6(5-10)7-3-2-4-11-8(7)9/h2-4,6H,1H3/t6-/m0/s1. The van der Waals surface area contributed by atoms with Gasteiger partial charge in [-0.2, -0.15) is 5.26 Å². The highest BCUT2D eigenvalue weighted by Crippen LogP contribution is 2.20. The molecular formula is C8H7ClN2. The minimum absolute atomic E-state index is 0.184. The average Bonchev–Trinajstić information content (AvgIpc) is 2.04. The van der Waals surface area contributed by atoms with Gasteiger partial charge in [-0.15, -0.1) is 0 Å². The number of hydrogen-bond acceptors (Lipinski definition) is 2. The van der Waals surface area contributed by atoms with E-state index in [2.05, 4.69) is 11.1 Å². The van der Waals surface area contributed by atoms with Gasteiger partial charge in [-0.05, 0) is 13.0 Å². The van der Waals surface area contributed by atoms with E-state index in [-0.39, 0.29) is 5.92 Å². The molecule has 0 aliphatic rings. The smallest absolute Gasteiger partial charge is 0.133 e. The lowest BCUT2D eigenvalue weighted by Gasteiger charge is -2.02. The summed E-state index contributed by atoms with van der Waals surface area (Å²) in [6.45, 7) is 1.79. The van der Waals surface area contributed by atoms with E-state index in [1.807, 2.05) is 6.07 Å². The van der Waals surface area contributed by atoms with Gasteiger partial charge >= 0.3 is 0 Å². The number of aromatic nitrogens is 1. The molecule has 0 unspecified atom stereocenters. The second kappa shape index (κ2) is 3.36. The highest BCUT2D eigenvalue weighted by Gasteiger charge is 2.07. The molecule has 0 bridgehead atoms. The third-order valence-corrected chi connectivity index (χ3v) is 1.76. The molecule has 56 valence electrons. The second-order valence-corrected chi connectivity index (χ2v) is 2.59. The normalized spacial score (nSPS) is 12.1. The minimum atomic E-state index is -0.184. The molecular weight excluding hydrogens is 160 g/mol. The molecule has 1 aromatic rings. The topological polar surface area (TPSA) is 36.7 Å². The van der Waals surface area contributed by atoms with Crippen molar-refractivity contribution in [2.75, 3.05) is 0 Å². The molecule has 0 radical (unpaired) electrons. The first-order valence-corrected chi connectivity index (χ1v) is 3.63. The fourth-order valence-corrected chi connectivity index (χ4v) is 1.07. The second-order valence-electron chi connectivity index (χ2n) is 2.23. The van der Waals surface area contributed by atoms with Crippen LogP contribution >= 0.6 is 11.6 Å². The highest BCUT2D eigenvalue weighted by molar-refractivity contribution is 6.30. The van der Waals surface area contributed by atoms with E-state index < -0.39 is 0 Å². The van der Waals surface area contributed by atoms with Gasteiger partial charge in [0.05, 0.1) is 12.0 Å². The van der Waals surface area contributed by atoms with E-state index in [9.17, 15) is 0 Å². The van der Waals surface area contributed by atoms with Gasteiger partial charge in [0, 0.05) is 11.8 Å². The summed E-state index contributed by atoms with van der Waals surface area (Å²) in [5, 5.41) is 8.99. The van der Waals surface area contributed by atoms with Crippen LogP contribution in [0, 0.1) is 11.3 Å². The molecule has 2 nitrogen and oxygen atoms in total. The predicted octanol–water partition coefficient (Wildman–Crippen LogP) is 2.36. The summed E-state index contributed by atoms with van der Waals surface area (Å²) in [5.41, 5.74) is 0.789. The molecule has 0 fully saturated rings. The number of nitriles is 1. The predicted molar refractivity (Wildman–Crippen MR) is 43.3 cm³/mol. The summed E-state index contributed by atoms with van der Waals surface area (Å²) in [5.74, 6) is -0.184. The van der Waals surface area contributed by atoms with E-state index in [1.54, 1.807) is 19.2 Å². The van der Waals surface area contributed by atoms with Crippen molar-refractivity contribution in [3.05, 3.63) is 29.0 Å². The zero-order chi connectivity index (χ0) is 8.27. The SMILES string of the molecule is C[C@@H](C#N)c1cccnc1Cl. The molecule has 0 saturated heterocycles. The van der Waals surface area contributed by atoms with E-state index in [0.717, 1.165) is 5.56 Å². The monoisotopic (exact) mass is 166 g/mol. The summed E-state index contributed by atoms with van der Waals surface area (Å²) >= 11 is 5.74. The minimum Gasteiger partial charge on any atom is -0.244 e. The van der Waals surface area contributed by atoms with E-state index in [0.29, 0.717) is 5.15 Å². The van der Waals surface area contributed by atoms with Crippen LogP contribution in [-0.4, -0.2) is 4.98 Å². The first-order valence-electron chi connectivity index (χ1n) is 3.25. The number of halogens is 1. The highest BCUT2D eigenvalue weighted by atomic mass is 35.5. The van der Waals surface area contributed by atoms with E-state index in [4.69, 9.17) is 16.9 Å². The molecule has 0 N–H and O–H groups in total. The zero-order valence-electron chi connectivity index (χ0n) is 6.08. The lowest BCUT2D eigenvalue weighted by molar-refractivity contribution is 0.967. The molecule has 11 heavy (non-hydrogen) atoms. The van der Waals surface area contributed by atoms with Crippen LogP contribution in [0.1, 0.15) is 18.4 Å². The quantitative estimate of drug-likeness (QED) is 0.601. The summed E-state index contributed by atoms with van der Waals surface area (Å²) in [4.78, 5) is 3.86. The van der Waals surface area contributed by atoms with Crippen LogP contribution in [0.4, 0.5) is 0 Å². The van der Waals surface area contributed by atoms with E-state index >= 15 is 0 Å². The maximum atomic E-state index is 8.58. The number of nitrogens with zero attached hydrogens (tertiary/aromatic N) is 2. The summed E-state index contributed by atoms with van der Waals surface area (Å²) in [7, 11) is 0. The molecule has 1 heterocycles. The van der Waals surface area contributed by atoms with Crippen molar-refractivity contribution < 1.29 is 0 Å². The average molecular weight is 167 g/mol. The Morgan fingerprint density at radius 1 is 1.73 bits per heavy atom. The Morgan fingerprint density at radius 2 is 2.45 bits per heavy atom. The maximum absolute atomic E-state index is 8.58. The summed E-state index contributed by atoms with van der Waals surface area (Å²) in [6.07, 6.45) is 1.61. The van der Waals surface area contributed by atoms with Crippen LogP contribution in [0.2, 0.25) is 5.15 Å². The lowest BCUT2D eigenvalue weighted by atomic mass is 10.1. The summed E-state index contributed by atoms with van der Waals surface area (Å²) in [6, 6.07) is 5.68. The van der Waals surface area contributed by atoms with Gasteiger partial charge in [0.1, 0.15) is 5.15 Å². The fourth-order valence-electron chi connectivity index (χ4n) is 0.791. The van der Waals surface area contributed by atoms with Gasteiger partial charge < -0.3 is 0 Å². The van der Waals surface area contributed by atoms with Crippen molar-refractivity contribution in [1.29, 1.82) is 5.26 Å². The molecule has 1 rings (SSSR count). The van der Waals surface area contributed by atoms with Gasteiger partial charge in [0.25, 0.3) is 0 Å². The molecule has 0 spiro atoms. The van der Waals surface area contributed by atoms with Crippen molar-refractivity contribution in [2.45, 2.75) is 12.8 Å². The van der Waals surface area contributed by atoms with E-state index in [1.165, 1.54) is 0 Å². The third-order valence-electron chi connectivity index (χ3n) is 1.45. The molecule has 0 aromatic carbocycles. The van der Waals surface area contributed by atoms with Crippen LogP contribution in [0.5, 0.6) is 0 Å². The van der Waals surface area contributed by atoms with Crippen molar-refractivity contribution in [1.82, 2.24) is 4.98 Å². The molecule has 1 atom stereocenters. The molecule has 0 amide bonds. The fraction of sp³-hybridized carbons (Fsp3) is 0.250. The summed E-state index contributed by atoms with van der Waals surface area (Å²) < 4.78 is 0. The molecule has 0 aliphatic carbocycles. The number of pyridine rings is 1. The molecule has 3 heteroatoms. The van der Waals surface area contributed by atoms with Crippen molar-refractivity contribution >= 4 is 11.6 Å². The Hall–Kier alpha value is -1.07. The van der Waals surface area contributed by atoms with Crippen LogP contribution in [0.25, 0.3) is 0 Å².